The number of benzene rings is 9. The highest BCUT2D eigenvalue weighted by molar-refractivity contribution is 6.12. The molecule has 1 aliphatic carbocycles. The van der Waals surface area contributed by atoms with E-state index in [1.807, 2.05) is 0 Å². The summed E-state index contributed by atoms with van der Waals surface area (Å²) in [7, 11) is 0. The van der Waals surface area contributed by atoms with Gasteiger partial charge >= 0.3 is 0 Å². The standard InChI is InChI=1S/C57H39N/c1-57(2)55-17-8-7-14-53(55)54-35-27-45(37-56(54)57)40-22-30-47(31-23-40)58(46-28-20-39(21-29-46)44-19-18-38-10-3-4-12-43(38)36-44)48-32-24-42(25-33-48)50-15-9-16-51-49-13-6-5-11-41(49)26-34-52(50)51/h3-20,22-28,30-37H,1-2H3. The summed E-state index contributed by atoms with van der Waals surface area (Å²) in [5.74, 6) is 0. The van der Waals surface area contributed by atoms with Crippen LogP contribution in [0.3, 0.4) is 0 Å². The molecule has 1 aliphatic rings. The van der Waals surface area contributed by atoms with Gasteiger partial charge in [-0.2, -0.15) is 0 Å². The van der Waals surface area contributed by atoms with Gasteiger partial charge in [0.1, 0.15) is 0 Å². The molecule has 0 bridgehead atoms. The average molecular weight is 738 g/mol. The minimum absolute atomic E-state index is 0.0456. The fraction of sp³-hybridized carbons (Fsp3) is 0.0526. The van der Waals surface area contributed by atoms with Crippen molar-refractivity contribution in [3.63, 3.8) is 0 Å². The van der Waals surface area contributed by atoms with Gasteiger partial charge in [0.2, 0.25) is 0 Å². The number of hydrogen-bond donors (Lipinski definition) is 0. The number of fused-ring (bicyclic) bond motifs is 7. The lowest BCUT2D eigenvalue weighted by Gasteiger charge is -2.25. The van der Waals surface area contributed by atoms with Gasteiger partial charge in [-0.25, -0.2) is 0 Å². The van der Waals surface area contributed by atoms with Gasteiger partial charge in [0, 0.05) is 22.4 Å². The largest absolute Gasteiger partial charge is 0.303 e. The third-order valence-corrected chi connectivity index (χ3v) is 12.3. The lowest BCUT2D eigenvalue weighted by molar-refractivity contribution is 0.660. The van der Waals surface area contributed by atoms with Gasteiger partial charge in [0.05, 0.1) is 5.69 Å². The van der Waals surface area contributed by atoms with Crippen LogP contribution in [0.5, 0.6) is 0 Å². The quantitative estimate of drug-likeness (QED) is 0.154. The van der Waals surface area contributed by atoms with Crippen LogP contribution in [-0.2, 0) is 5.41 Å². The average Bonchev–Trinajstić information content (AvgIpc) is 3.52. The van der Waals surface area contributed by atoms with Gasteiger partial charge in [-0.05, 0) is 137 Å². The van der Waals surface area contributed by atoms with E-state index in [1.165, 1.54) is 76.8 Å². The molecule has 0 N–H and O–H groups in total. The van der Waals surface area contributed by atoms with Crippen LogP contribution < -0.4 is 4.90 Å². The fourth-order valence-electron chi connectivity index (χ4n) is 9.23. The van der Waals surface area contributed by atoms with Gasteiger partial charge in [0.15, 0.2) is 0 Å². The Hall–Kier alpha value is -7.40. The van der Waals surface area contributed by atoms with Crippen molar-refractivity contribution in [1.29, 1.82) is 0 Å². The van der Waals surface area contributed by atoms with E-state index >= 15 is 0 Å². The smallest absolute Gasteiger partial charge is 0.0973 e. The third kappa shape index (κ3) is 5.57. The minimum Gasteiger partial charge on any atom is -0.303 e. The van der Waals surface area contributed by atoms with Crippen LogP contribution in [0.4, 0.5) is 17.1 Å². The predicted molar refractivity (Wildman–Crippen MR) is 245 cm³/mol. The monoisotopic (exact) mass is 737 g/mol. The van der Waals surface area contributed by atoms with Crippen molar-refractivity contribution in [2.24, 2.45) is 0 Å². The van der Waals surface area contributed by atoms with Gasteiger partial charge in [-0.15, -0.1) is 0 Å². The van der Waals surface area contributed by atoms with E-state index in [0.29, 0.717) is 0 Å². The minimum atomic E-state index is -0.0456. The van der Waals surface area contributed by atoms with Crippen molar-refractivity contribution in [2.45, 2.75) is 19.3 Å². The van der Waals surface area contributed by atoms with Crippen LogP contribution in [0.15, 0.2) is 200 Å². The molecule has 272 valence electrons. The highest BCUT2D eigenvalue weighted by Crippen LogP contribution is 2.49. The van der Waals surface area contributed by atoms with Crippen LogP contribution in [0.1, 0.15) is 25.0 Å². The summed E-state index contributed by atoms with van der Waals surface area (Å²) in [6.45, 7) is 4.68. The Labute approximate surface area is 340 Å². The summed E-state index contributed by atoms with van der Waals surface area (Å²) in [6, 6.07) is 80.0. The van der Waals surface area contributed by atoms with Crippen molar-refractivity contribution in [2.75, 3.05) is 4.90 Å². The topological polar surface area (TPSA) is 3.24 Å². The number of rotatable bonds is 6. The van der Waals surface area contributed by atoms with Crippen LogP contribution in [0, 0.1) is 12.1 Å². The zero-order chi connectivity index (χ0) is 38.8. The molecule has 58 heavy (non-hydrogen) atoms. The number of nitrogens with zero attached hydrogens (tertiary/aromatic N) is 1. The molecule has 0 amide bonds. The highest BCUT2D eigenvalue weighted by atomic mass is 15.1. The summed E-state index contributed by atoms with van der Waals surface area (Å²) >= 11 is 0. The molecule has 0 unspecified atom stereocenters. The second kappa shape index (κ2) is 13.4. The summed E-state index contributed by atoms with van der Waals surface area (Å²) in [5, 5.41) is 7.52. The highest BCUT2D eigenvalue weighted by Gasteiger charge is 2.35. The molecule has 0 fully saturated rings. The first-order valence-electron chi connectivity index (χ1n) is 20.1. The molecule has 0 saturated carbocycles. The molecule has 10 aromatic rings. The maximum atomic E-state index is 3.56. The normalized spacial score (nSPS) is 12.7. The molecular formula is C57H39N. The zero-order valence-electron chi connectivity index (χ0n) is 32.5. The first-order chi connectivity index (χ1) is 28.5. The maximum absolute atomic E-state index is 3.56. The SMILES string of the molecule is CC1(C)c2ccccc2-c2ccc(-c3ccc(N(c4c#cc(-c5ccc6ccccc6c5)cc4)c4ccc(-c5cccc6c5ccc5ccccc56)cc4)cc3)cc21. The van der Waals surface area contributed by atoms with Crippen LogP contribution >= 0.6 is 0 Å². The Morgan fingerprint density at radius 3 is 1.78 bits per heavy atom. The van der Waals surface area contributed by atoms with E-state index in [0.717, 1.165) is 28.2 Å². The van der Waals surface area contributed by atoms with E-state index in [-0.39, 0.29) is 5.41 Å². The van der Waals surface area contributed by atoms with E-state index in [2.05, 4.69) is 231 Å². The molecule has 0 aliphatic heterocycles. The second-order valence-electron chi connectivity index (χ2n) is 16.0. The zero-order valence-corrected chi connectivity index (χ0v) is 32.5. The molecule has 0 radical (unpaired) electrons. The fourth-order valence-corrected chi connectivity index (χ4v) is 9.23. The van der Waals surface area contributed by atoms with Gasteiger partial charge in [-0.1, -0.05) is 172 Å². The summed E-state index contributed by atoms with van der Waals surface area (Å²) in [5.41, 5.74) is 15.4. The van der Waals surface area contributed by atoms with Crippen LogP contribution in [-0.4, -0.2) is 0 Å². The molecular weight excluding hydrogens is 699 g/mol. The van der Waals surface area contributed by atoms with E-state index in [4.69, 9.17) is 0 Å². The van der Waals surface area contributed by atoms with Crippen molar-refractivity contribution in [3.05, 3.63) is 223 Å². The van der Waals surface area contributed by atoms with Crippen molar-refractivity contribution in [3.8, 4) is 44.5 Å². The summed E-state index contributed by atoms with van der Waals surface area (Å²) in [4.78, 5) is 2.29. The number of hydrogen-bond acceptors (Lipinski definition) is 1. The molecule has 10 aromatic carbocycles. The molecule has 0 atom stereocenters. The van der Waals surface area contributed by atoms with Gasteiger partial charge < -0.3 is 4.90 Å². The van der Waals surface area contributed by atoms with Gasteiger partial charge in [-0.3, -0.25) is 0 Å². The lowest BCUT2D eigenvalue weighted by atomic mass is 9.81. The third-order valence-electron chi connectivity index (χ3n) is 12.3. The molecule has 0 saturated heterocycles. The second-order valence-corrected chi connectivity index (χ2v) is 16.0. The maximum Gasteiger partial charge on any atom is 0.0973 e. The van der Waals surface area contributed by atoms with Crippen molar-refractivity contribution in [1.82, 2.24) is 0 Å². The van der Waals surface area contributed by atoms with E-state index < -0.39 is 0 Å². The van der Waals surface area contributed by atoms with Crippen molar-refractivity contribution < 1.29 is 0 Å². The number of anilines is 3. The van der Waals surface area contributed by atoms with Gasteiger partial charge in [0.25, 0.3) is 0 Å². The summed E-state index contributed by atoms with van der Waals surface area (Å²) in [6.07, 6.45) is 0. The Balaban J connectivity index is 0.973. The molecule has 11 rings (SSSR count). The van der Waals surface area contributed by atoms with E-state index in [9.17, 15) is 0 Å². The Morgan fingerprint density at radius 1 is 0.362 bits per heavy atom. The Morgan fingerprint density at radius 2 is 0.983 bits per heavy atom. The first-order valence-corrected chi connectivity index (χ1v) is 20.1. The summed E-state index contributed by atoms with van der Waals surface area (Å²) < 4.78 is 0. The van der Waals surface area contributed by atoms with Crippen LogP contribution in [0.2, 0.25) is 0 Å². The Kier molecular flexibility index (Phi) is 7.82. The van der Waals surface area contributed by atoms with Crippen LogP contribution in [0.25, 0.3) is 76.8 Å². The van der Waals surface area contributed by atoms with Crippen molar-refractivity contribution >= 4 is 49.4 Å². The molecule has 1 nitrogen and oxygen atoms in total. The molecule has 0 spiro atoms. The predicted octanol–water partition coefficient (Wildman–Crippen LogP) is 15.5. The molecule has 1 heteroatoms. The lowest BCUT2D eigenvalue weighted by Crippen LogP contribution is -2.14. The molecule has 0 heterocycles. The first kappa shape index (κ1) is 33.9. The Bertz CT molecular complexity index is 3170. The van der Waals surface area contributed by atoms with E-state index in [1.54, 1.807) is 0 Å². The molecule has 0 aromatic heterocycles.